The molecule has 0 bridgehead atoms. The van der Waals surface area contributed by atoms with Crippen LogP contribution in [0.4, 0.5) is 17.6 Å². The van der Waals surface area contributed by atoms with Gasteiger partial charge in [-0.05, 0) is 19.1 Å². The molecule has 0 spiro atoms. The summed E-state index contributed by atoms with van der Waals surface area (Å²) >= 11 is 0. The molecule has 0 aliphatic rings. The second-order valence-electron chi connectivity index (χ2n) is 3.47. The highest BCUT2D eigenvalue weighted by atomic mass is 35.5. The van der Waals surface area contributed by atoms with Gasteiger partial charge in [0.05, 0.1) is 17.7 Å². The van der Waals surface area contributed by atoms with E-state index in [0.29, 0.717) is 0 Å². The summed E-state index contributed by atoms with van der Waals surface area (Å²) in [7, 11) is 0. The molecule has 0 saturated carbocycles. The molecule has 2 nitrogen and oxygen atoms in total. The van der Waals surface area contributed by atoms with E-state index in [1.165, 1.54) is 6.92 Å². The number of aliphatic hydroxyl groups excluding tert-OH is 1. The zero-order chi connectivity index (χ0) is 12.5. The van der Waals surface area contributed by atoms with Gasteiger partial charge in [0, 0.05) is 5.56 Å². The lowest BCUT2D eigenvalue weighted by Gasteiger charge is -2.20. The second kappa shape index (κ2) is 5.66. The van der Waals surface area contributed by atoms with Gasteiger partial charge in [-0.15, -0.1) is 12.4 Å². The SMILES string of the molecule is C[C@H](O)[C@H](N)c1c(F)cccc1C(F)(F)F.Cl. The highest BCUT2D eigenvalue weighted by Crippen LogP contribution is 2.35. The van der Waals surface area contributed by atoms with Gasteiger partial charge in [-0.3, -0.25) is 0 Å². The van der Waals surface area contributed by atoms with Crippen LogP contribution in [0.5, 0.6) is 0 Å². The van der Waals surface area contributed by atoms with Crippen LogP contribution in [0.3, 0.4) is 0 Å². The van der Waals surface area contributed by atoms with Crippen LogP contribution in [0.2, 0.25) is 0 Å². The maximum atomic E-state index is 13.3. The average Bonchev–Trinajstić information content (AvgIpc) is 2.14. The van der Waals surface area contributed by atoms with Gasteiger partial charge in [0.2, 0.25) is 0 Å². The maximum absolute atomic E-state index is 13.3. The third kappa shape index (κ3) is 3.55. The van der Waals surface area contributed by atoms with Crippen LogP contribution in [0.1, 0.15) is 24.1 Å². The molecule has 3 N–H and O–H groups in total. The minimum atomic E-state index is -4.69. The van der Waals surface area contributed by atoms with Gasteiger partial charge in [0.25, 0.3) is 0 Å². The molecule has 0 unspecified atom stereocenters. The molecule has 98 valence electrons. The number of benzene rings is 1. The molecule has 0 aromatic heterocycles. The van der Waals surface area contributed by atoms with E-state index in [2.05, 4.69) is 0 Å². The Hall–Kier alpha value is -0.850. The summed E-state index contributed by atoms with van der Waals surface area (Å²) < 4.78 is 50.9. The Morgan fingerprint density at radius 1 is 1.29 bits per heavy atom. The summed E-state index contributed by atoms with van der Waals surface area (Å²) in [5.41, 5.74) is 3.49. The molecule has 0 amide bonds. The molecule has 0 saturated heterocycles. The van der Waals surface area contributed by atoms with Crippen molar-refractivity contribution >= 4 is 12.4 Å². The van der Waals surface area contributed by atoms with Gasteiger partial charge in [0.1, 0.15) is 5.82 Å². The second-order valence-corrected chi connectivity index (χ2v) is 3.47. The molecular weight excluding hydrogens is 262 g/mol. The Labute approximate surface area is 102 Å². The maximum Gasteiger partial charge on any atom is 0.416 e. The van der Waals surface area contributed by atoms with Crippen molar-refractivity contribution in [2.45, 2.75) is 25.2 Å². The smallest absolute Gasteiger partial charge is 0.391 e. The number of hydrogen-bond acceptors (Lipinski definition) is 2. The molecule has 1 aromatic rings. The van der Waals surface area contributed by atoms with Crippen molar-refractivity contribution in [2.24, 2.45) is 5.73 Å². The van der Waals surface area contributed by atoms with Crippen LogP contribution in [-0.4, -0.2) is 11.2 Å². The first-order chi connectivity index (χ1) is 7.25. The van der Waals surface area contributed by atoms with Crippen LogP contribution in [-0.2, 0) is 6.18 Å². The van der Waals surface area contributed by atoms with E-state index in [1.807, 2.05) is 0 Å². The molecule has 0 fully saturated rings. The molecule has 1 aromatic carbocycles. The van der Waals surface area contributed by atoms with Crippen molar-refractivity contribution in [1.29, 1.82) is 0 Å². The largest absolute Gasteiger partial charge is 0.416 e. The number of halogens is 5. The van der Waals surface area contributed by atoms with E-state index in [9.17, 15) is 17.6 Å². The first-order valence-electron chi connectivity index (χ1n) is 4.54. The van der Waals surface area contributed by atoms with Gasteiger partial charge in [-0.25, -0.2) is 4.39 Å². The molecule has 0 radical (unpaired) electrons. The van der Waals surface area contributed by atoms with Crippen LogP contribution in [0, 0.1) is 5.82 Å². The molecule has 2 atom stereocenters. The molecule has 7 heteroatoms. The van der Waals surface area contributed by atoms with E-state index in [1.54, 1.807) is 0 Å². The zero-order valence-corrected chi connectivity index (χ0v) is 9.65. The van der Waals surface area contributed by atoms with E-state index in [0.717, 1.165) is 18.2 Å². The van der Waals surface area contributed by atoms with Crippen LogP contribution in [0.25, 0.3) is 0 Å². The average molecular weight is 274 g/mol. The minimum Gasteiger partial charge on any atom is -0.391 e. The molecule has 0 aliphatic carbocycles. The summed E-state index contributed by atoms with van der Waals surface area (Å²) in [6.07, 6.45) is -5.96. The lowest BCUT2D eigenvalue weighted by molar-refractivity contribution is -0.138. The minimum absolute atomic E-state index is 0. The number of aliphatic hydroxyl groups is 1. The van der Waals surface area contributed by atoms with E-state index in [-0.39, 0.29) is 12.4 Å². The van der Waals surface area contributed by atoms with Crippen molar-refractivity contribution in [3.63, 3.8) is 0 Å². The van der Waals surface area contributed by atoms with E-state index < -0.39 is 35.3 Å². The fourth-order valence-electron chi connectivity index (χ4n) is 1.36. The van der Waals surface area contributed by atoms with Gasteiger partial charge >= 0.3 is 6.18 Å². The lowest BCUT2D eigenvalue weighted by atomic mass is 9.96. The predicted octanol–water partition coefficient (Wildman–Crippen LogP) is 2.65. The summed E-state index contributed by atoms with van der Waals surface area (Å²) in [5, 5.41) is 9.13. The predicted molar refractivity (Wildman–Crippen MR) is 57.3 cm³/mol. The normalized spacial score (nSPS) is 15.0. The van der Waals surface area contributed by atoms with Crippen molar-refractivity contribution in [1.82, 2.24) is 0 Å². The highest BCUT2D eigenvalue weighted by Gasteiger charge is 2.36. The summed E-state index contributed by atoms with van der Waals surface area (Å²) in [4.78, 5) is 0. The number of hydrogen-bond donors (Lipinski definition) is 2. The van der Waals surface area contributed by atoms with Crippen LogP contribution in [0.15, 0.2) is 18.2 Å². The monoisotopic (exact) mass is 273 g/mol. The van der Waals surface area contributed by atoms with Crippen molar-refractivity contribution in [3.05, 3.63) is 35.1 Å². The Bertz CT molecular complexity index is 381. The number of rotatable bonds is 2. The first kappa shape index (κ1) is 16.1. The molecule has 17 heavy (non-hydrogen) atoms. The summed E-state index contributed by atoms with van der Waals surface area (Å²) in [6, 6.07) is 1.17. The quantitative estimate of drug-likeness (QED) is 0.814. The molecule has 1 rings (SSSR count). The van der Waals surface area contributed by atoms with Crippen molar-refractivity contribution < 1.29 is 22.7 Å². The summed E-state index contributed by atoms with van der Waals surface area (Å²) in [5.74, 6) is -1.07. The third-order valence-corrected chi connectivity index (χ3v) is 2.21. The Balaban J connectivity index is 0.00000256. The third-order valence-electron chi connectivity index (χ3n) is 2.21. The van der Waals surface area contributed by atoms with Gasteiger partial charge in [-0.1, -0.05) is 6.07 Å². The van der Waals surface area contributed by atoms with Gasteiger partial charge in [0.15, 0.2) is 0 Å². The van der Waals surface area contributed by atoms with Crippen molar-refractivity contribution in [2.75, 3.05) is 0 Å². The van der Waals surface area contributed by atoms with Crippen LogP contribution < -0.4 is 5.73 Å². The van der Waals surface area contributed by atoms with E-state index in [4.69, 9.17) is 10.8 Å². The van der Waals surface area contributed by atoms with Gasteiger partial charge in [-0.2, -0.15) is 13.2 Å². The van der Waals surface area contributed by atoms with E-state index >= 15 is 0 Å². The first-order valence-corrected chi connectivity index (χ1v) is 4.54. The topological polar surface area (TPSA) is 46.2 Å². The summed E-state index contributed by atoms with van der Waals surface area (Å²) in [6.45, 7) is 1.21. The fraction of sp³-hybridized carbons (Fsp3) is 0.400. The Morgan fingerprint density at radius 3 is 2.24 bits per heavy atom. The van der Waals surface area contributed by atoms with Gasteiger partial charge < -0.3 is 10.8 Å². The zero-order valence-electron chi connectivity index (χ0n) is 8.83. The molecule has 0 aliphatic heterocycles. The number of nitrogens with two attached hydrogens (primary N) is 1. The fourth-order valence-corrected chi connectivity index (χ4v) is 1.36. The molecular formula is C10H12ClF4NO. The lowest BCUT2D eigenvalue weighted by Crippen LogP contribution is -2.27. The Kier molecular flexibility index (Phi) is 5.38. The highest BCUT2D eigenvalue weighted by molar-refractivity contribution is 5.85. The standard InChI is InChI=1S/C10H11F4NO.ClH/c1-5(16)9(15)8-6(10(12,13)14)3-2-4-7(8)11;/h2-5,9,16H,15H2,1H3;1H/t5-,9-;/m0./s1. The molecule has 0 heterocycles. The Morgan fingerprint density at radius 2 is 1.82 bits per heavy atom. The van der Waals surface area contributed by atoms with Crippen LogP contribution >= 0.6 is 12.4 Å². The van der Waals surface area contributed by atoms with Crippen molar-refractivity contribution in [3.8, 4) is 0 Å². The number of alkyl halides is 3.